The summed E-state index contributed by atoms with van der Waals surface area (Å²) in [4.78, 5) is 15.2. The van der Waals surface area contributed by atoms with Crippen LogP contribution in [0.3, 0.4) is 0 Å². The second-order valence-corrected chi connectivity index (χ2v) is 12.0. The maximum Gasteiger partial charge on any atom is 0.164 e. The van der Waals surface area contributed by atoms with E-state index in [9.17, 15) is 0 Å². The molecule has 0 unspecified atom stereocenters. The number of furan rings is 1. The summed E-state index contributed by atoms with van der Waals surface area (Å²) >= 11 is 0. The molecule has 0 atom stereocenters. The van der Waals surface area contributed by atoms with Crippen molar-refractivity contribution in [1.29, 1.82) is 0 Å². The van der Waals surface area contributed by atoms with Crippen molar-refractivity contribution in [3.05, 3.63) is 152 Å². The highest BCUT2D eigenvalue weighted by Gasteiger charge is 2.21. The van der Waals surface area contributed by atoms with Crippen molar-refractivity contribution < 1.29 is 4.42 Å². The minimum atomic E-state index is 0.605. The summed E-state index contributed by atoms with van der Waals surface area (Å²) in [6, 6.07) is 52.7. The van der Waals surface area contributed by atoms with E-state index in [2.05, 4.69) is 72.8 Å². The van der Waals surface area contributed by atoms with Gasteiger partial charge in [0.25, 0.3) is 0 Å². The van der Waals surface area contributed by atoms with Crippen molar-refractivity contribution in [1.82, 2.24) is 15.0 Å². The molecule has 0 radical (unpaired) electrons. The first-order valence-electron chi connectivity index (χ1n) is 15.8. The smallest absolute Gasteiger partial charge is 0.164 e. The van der Waals surface area contributed by atoms with Crippen molar-refractivity contribution in [2.75, 3.05) is 0 Å². The van der Waals surface area contributed by atoms with Crippen LogP contribution in [-0.4, -0.2) is 15.0 Å². The molecule has 0 amide bonds. The molecule has 0 N–H and O–H groups in total. The molecule has 0 aliphatic carbocycles. The highest BCUT2D eigenvalue weighted by atomic mass is 16.3. The lowest BCUT2D eigenvalue weighted by molar-refractivity contribution is 0.669. The van der Waals surface area contributed by atoms with Crippen molar-refractivity contribution >= 4 is 54.3 Å². The third kappa shape index (κ3) is 4.05. The fourth-order valence-corrected chi connectivity index (χ4v) is 7.10. The number of aromatic nitrogens is 3. The summed E-state index contributed by atoms with van der Waals surface area (Å²) < 4.78 is 6.56. The van der Waals surface area contributed by atoms with Gasteiger partial charge in [0.1, 0.15) is 11.2 Å². The van der Waals surface area contributed by atoms with Gasteiger partial charge in [-0.2, -0.15) is 0 Å². The lowest BCUT2D eigenvalue weighted by Crippen LogP contribution is -2.00. The molecular weight excluding hydrogens is 574 g/mol. The van der Waals surface area contributed by atoms with Gasteiger partial charge in [0, 0.05) is 27.5 Å². The lowest BCUT2D eigenvalue weighted by atomic mass is 9.89. The van der Waals surface area contributed by atoms with Crippen LogP contribution in [0.5, 0.6) is 0 Å². The molecule has 10 rings (SSSR count). The van der Waals surface area contributed by atoms with Crippen LogP contribution in [-0.2, 0) is 0 Å². The minimum Gasteiger partial charge on any atom is -0.456 e. The third-order valence-electron chi connectivity index (χ3n) is 9.26. The molecule has 10 aromatic rings. The fraction of sp³-hybridized carbons (Fsp3) is 0. The summed E-state index contributed by atoms with van der Waals surface area (Å²) in [6.45, 7) is 0. The Morgan fingerprint density at radius 3 is 1.66 bits per heavy atom. The minimum absolute atomic E-state index is 0.605. The van der Waals surface area contributed by atoms with Gasteiger partial charge in [-0.05, 0) is 61.6 Å². The number of nitrogens with zero attached hydrogens (tertiary/aromatic N) is 3. The van der Waals surface area contributed by atoms with E-state index in [4.69, 9.17) is 19.4 Å². The zero-order valence-electron chi connectivity index (χ0n) is 25.2. The molecule has 4 heteroatoms. The second-order valence-electron chi connectivity index (χ2n) is 12.0. The Morgan fingerprint density at radius 2 is 0.936 bits per heavy atom. The molecule has 218 valence electrons. The first-order valence-corrected chi connectivity index (χ1v) is 15.8. The molecule has 0 bridgehead atoms. The number of hydrogen-bond acceptors (Lipinski definition) is 4. The molecule has 4 nitrogen and oxygen atoms in total. The average Bonchev–Trinajstić information content (AvgIpc) is 3.52. The Labute approximate surface area is 270 Å². The van der Waals surface area contributed by atoms with Gasteiger partial charge < -0.3 is 4.42 Å². The molecule has 0 fully saturated rings. The highest BCUT2D eigenvalue weighted by molar-refractivity contribution is 6.26. The zero-order valence-corrected chi connectivity index (χ0v) is 25.2. The molecular formula is C43H25N3O. The SMILES string of the molecule is c1ccc(-c2nc(-c3ccccc3)nc(-c3cc(-c4ccc5ccc6cccc7ccc4c5c67)cc4oc5ccccc5c34)n2)cc1. The number of rotatable bonds is 4. The van der Waals surface area contributed by atoms with Gasteiger partial charge in [0.2, 0.25) is 0 Å². The topological polar surface area (TPSA) is 51.8 Å². The van der Waals surface area contributed by atoms with E-state index >= 15 is 0 Å². The Kier molecular flexibility index (Phi) is 5.54. The third-order valence-corrected chi connectivity index (χ3v) is 9.26. The van der Waals surface area contributed by atoms with E-state index in [-0.39, 0.29) is 0 Å². The molecule has 0 saturated carbocycles. The lowest BCUT2D eigenvalue weighted by Gasteiger charge is -2.15. The van der Waals surface area contributed by atoms with E-state index in [0.717, 1.165) is 49.8 Å². The average molecular weight is 600 g/mol. The van der Waals surface area contributed by atoms with Crippen LogP contribution < -0.4 is 0 Å². The van der Waals surface area contributed by atoms with E-state index in [1.807, 2.05) is 78.9 Å². The molecule has 0 spiro atoms. The Balaban J connectivity index is 1.30. The Hall–Kier alpha value is -6.39. The predicted octanol–water partition coefficient (Wildman–Crippen LogP) is 11.3. The van der Waals surface area contributed by atoms with Crippen LogP contribution in [0.25, 0.3) is 99.5 Å². The molecule has 0 aliphatic rings. The van der Waals surface area contributed by atoms with Crippen LogP contribution in [0.1, 0.15) is 0 Å². The van der Waals surface area contributed by atoms with Gasteiger partial charge in [-0.25, -0.2) is 15.0 Å². The normalized spacial score (nSPS) is 11.8. The number of benzene rings is 8. The number of para-hydroxylation sites is 1. The summed E-state index contributed by atoms with van der Waals surface area (Å²) in [5.74, 6) is 1.86. The molecule has 0 saturated heterocycles. The largest absolute Gasteiger partial charge is 0.456 e. The van der Waals surface area contributed by atoms with E-state index < -0.39 is 0 Å². The predicted molar refractivity (Wildman–Crippen MR) is 193 cm³/mol. The first-order chi connectivity index (χ1) is 23.3. The van der Waals surface area contributed by atoms with Crippen LogP contribution in [0.15, 0.2) is 156 Å². The Morgan fingerprint density at radius 1 is 0.340 bits per heavy atom. The van der Waals surface area contributed by atoms with Gasteiger partial charge in [0.15, 0.2) is 17.5 Å². The number of fused-ring (bicyclic) bond motifs is 3. The highest BCUT2D eigenvalue weighted by Crippen LogP contribution is 2.43. The summed E-state index contributed by atoms with van der Waals surface area (Å²) in [6.07, 6.45) is 0. The van der Waals surface area contributed by atoms with Crippen LogP contribution in [0.2, 0.25) is 0 Å². The molecule has 2 aromatic heterocycles. The summed E-state index contributed by atoms with van der Waals surface area (Å²) in [5.41, 5.74) is 6.59. The van der Waals surface area contributed by atoms with Gasteiger partial charge in [-0.15, -0.1) is 0 Å². The van der Waals surface area contributed by atoms with Gasteiger partial charge in [0.05, 0.1) is 0 Å². The van der Waals surface area contributed by atoms with Crippen molar-refractivity contribution in [2.45, 2.75) is 0 Å². The van der Waals surface area contributed by atoms with Crippen LogP contribution in [0.4, 0.5) is 0 Å². The summed E-state index contributed by atoms with van der Waals surface area (Å²) in [7, 11) is 0. The molecule has 47 heavy (non-hydrogen) atoms. The first kappa shape index (κ1) is 25.9. The second kappa shape index (κ2) is 10.1. The maximum atomic E-state index is 6.56. The van der Waals surface area contributed by atoms with Crippen molar-refractivity contribution in [3.8, 4) is 45.3 Å². The van der Waals surface area contributed by atoms with E-state index in [1.165, 1.54) is 32.3 Å². The fourth-order valence-electron chi connectivity index (χ4n) is 7.10. The van der Waals surface area contributed by atoms with Gasteiger partial charge >= 0.3 is 0 Å². The molecule has 0 aliphatic heterocycles. The van der Waals surface area contributed by atoms with Gasteiger partial charge in [-0.3, -0.25) is 0 Å². The van der Waals surface area contributed by atoms with Crippen LogP contribution in [0, 0.1) is 0 Å². The quantitative estimate of drug-likeness (QED) is 0.189. The maximum absolute atomic E-state index is 6.56. The summed E-state index contributed by atoms with van der Waals surface area (Å²) in [5, 5.41) is 9.54. The van der Waals surface area contributed by atoms with Crippen LogP contribution >= 0.6 is 0 Å². The molecule has 8 aromatic carbocycles. The monoisotopic (exact) mass is 599 g/mol. The van der Waals surface area contributed by atoms with E-state index in [1.54, 1.807) is 0 Å². The Bertz CT molecular complexity index is 2710. The standard InChI is InChI=1S/C43H25N3O/c1-3-10-29(11-4-1)41-44-42(30-12-5-2-6-13-30)46-43(45-41)35-24-31(25-37-40(35)34-16-7-8-17-36(34)47-37)32-22-20-28-19-18-26-14-9-15-27-21-23-33(32)39(28)38(26)27/h1-25H. The van der Waals surface area contributed by atoms with Gasteiger partial charge in [-0.1, -0.05) is 133 Å². The van der Waals surface area contributed by atoms with Crippen molar-refractivity contribution in [2.24, 2.45) is 0 Å². The number of hydrogen-bond donors (Lipinski definition) is 0. The van der Waals surface area contributed by atoms with Crippen molar-refractivity contribution in [3.63, 3.8) is 0 Å². The zero-order chi connectivity index (χ0) is 30.9. The van der Waals surface area contributed by atoms with E-state index in [0.29, 0.717) is 17.5 Å². The molecule has 2 heterocycles.